The predicted octanol–water partition coefficient (Wildman–Crippen LogP) is 2.70. The fourth-order valence-electron chi connectivity index (χ4n) is 2.97. The van der Waals surface area contributed by atoms with Crippen molar-refractivity contribution >= 4 is 0 Å². The van der Waals surface area contributed by atoms with E-state index >= 15 is 0 Å². The Balaban J connectivity index is 2.00. The number of imidazole rings is 1. The molecule has 2 aromatic heterocycles. The fourth-order valence-corrected chi connectivity index (χ4v) is 2.97. The molecule has 1 aliphatic carbocycles. The highest BCUT2D eigenvalue weighted by Gasteiger charge is 2.20. The van der Waals surface area contributed by atoms with E-state index in [1.807, 2.05) is 4.57 Å². The predicted molar refractivity (Wildman–Crippen MR) is 77.6 cm³/mol. The third kappa shape index (κ3) is 2.53. The molecule has 3 rings (SSSR count). The van der Waals surface area contributed by atoms with Gasteiger partial charge in [0.25, 0.3) is 5.56 Å². The van der Waals surface area contributed by atoms with E-state index in [1.54, 1.807) is 18.6 Å². The van der Waals surface area contributed by atoms with Gasteiger partial charge in [-0.3, -0.25) is 4.79 Å². The molecule has 0 spiro atoms. The van der Waals surface area contributed by atoms with Gasteiger partial charge < -0.3 is 9.55 Å². The molecule has 1 N–H and O–H groups in total. The molecule has 0 amide bonds. The number of hydrogen-bond donors (Lipinski definition) is 1. The molecule has 0 aromatic carbocycles. The number of nitrogens with one attached hydrogen (secondary N) is 1. The van der Waals surface area contributed by atoms with Crippen molar-refractivity contribution in [3.05, 3.63) is 34.6 Å². The molecule has 2 aromatic rings. The highest BCUT2D eigenvalue weighted by atomic mass is 16.1. The highest BCUT2D eigenvalue weighted by Crippen LogP contribution is 2.32. The molecule has 0 atom stereocenters. The summed E-state index contributed by atoms with van der Waals surface area (Å²) in [6.07, 6.45) is 9.35. The summed E-state index contributed by atoms with van der Waals surface area (Å²) in [6, 6.07) is 1.65. The molecule has 1 saturated carbocycles. The largest absolute Gasteiger partial charge is 0.328 e. The SMILES string of the molecule is CCCn1cncc1-c1nc(C2CCCC2)cc(=O)[nH]1. The molecule has 5 nitrogen and oxygen atoms in total. The van der Waals surface area contributed by atoms with Gasteiger partial charge in [-0.25, -0.2) is 9.97 Å². The minimum absolute atomic E-state index is 0.0684. The van der Waals surface area contributed by atoms with Crippen molar-refractivity contribution in [1.82, 2.24) is 19.5 Å². The monoisotopic (exact) mass is 272 g/mol. The van der Waals surface area contributed by atoms with E-state index < -0.39 is 0 Å². The molecule has 1 aliphatic rings. The van der Waals surface area contributed by atoms with E-state index in [1.165, 1.54) is 12.8 Å². The van der Waals surface area contributed by atoms with Crippen molar-refractivity contribution in [3.63, 3.8) is 0 Å². The number of nitrogens with zero attached hydrogens (tertiary/aromatic N) is 3. The standard InChI is InChI=1S/C15H20N4O/c1-2-7-19-10-16-9-13(19)15-17-12(8-14(20)18-15)11-5-3-4-6-11/h8-11H,2-7H2,1H3,(H,17,18,20). The van der Waals surface area contributed by atoms with Crippen LogP contribution in [-0.4, -0.2) is 19.5 Å². The highest BCUT2D eigenvalue weighted by molar-refractivity contribution is 5.48. The molecule has 2 heterocycles. The summed E-state index contributed by atoms with van der Waals surface area (Å²) in [4.78, 5) is 23.6. The van der Waals surface area contributed by atoms with E-state index in [9.17, 15) is 4.79 Å². The Morgan fingerprint density at radius 3 is 2.95 bits per heavy atom. The van der Waals surface area contributed by atoms with Gasteiger partial charge in [0.05, 0.1) is 18.2 Å². The molecule has 1 fully saturated rings. The summed E-state index contributed by atoms with van der Waals surface area (Å²) >= 11 is 0. The Morgan fingerprint density at radius 1 is 1.40 bits per heavy atom. The summed E-state index contributed by atoms with van der Waals surface area (Å²) in [5.41, 5.74) is 1.76. The van der Waals surface area contributed by atoms with Gasteiger partial charge >= 0.3 is 0 Å². The van der Waals surface area contributed by atoms with Crippen molar-refractivity contribution in [2.75, 3.05) is 0 Å². The van der Waals surface area contributed by atoms with Crippen molar-refractivity contribution in [2.45, 2.75) is 51.5 Å². The van der Waals surface area contributed by atoms with Crippen LogP contribution in [0.1, 0.15) is 50.6 Å². The van der Waals surface area contributed by atoms with Crippen LogP contribution in [0.25, 0.3) is 11.5 Å². The normalized spacial score (nSPS) is 15.8. The fraction of sp³-hybridized carbons (Fsp3) is 0.533. The van der Waals surface area contributed by atoms with Gasteiger partial charge in [-0.1, -0.05) is 19.8 Å². The number of rotatable bonds is 4. The molecule has 0 unspecified atom stereocenters. The maximum absolute atomic E-state index is 11.9. The first-order valence-electron chi connectivity index (χ1n) is 7.39. The lowest BCUT2D eigenvalue weighted by Crippen LogP contribution is -2.13. The molecule has 106 valence electrons. The molecular formula is C15H20N4O. The van der Waals surface area contributed by atoms with Crippen molar-refractivity contribution < 1.29 is 0 Å². The van der Waals surface area contributed by atoms with Gasteiger partial charge in [0.2, 0.25) is 0 Å². The number of H-pyrrole nitrogens is 1. The minimum atomic E-state index is -0.0684. The van der Waals surface area contributed by atoms with E-state index in [-0.39, 0.29) is 5.56 Å². The van der Waals surface area contributed by atoms with Crippen molar-refractivity contribution in [3.8, 4) is 11.5 Å². The zero-order valence-corrected chi connectivity index (χ0v) is 11.8. The van der Waals surface area contributed by atoms with E-state index in [0.717, 1.165) is 37.2 Å². The van der Waals surface area contributed by atoms with Crippen LogP contribution in [0.4, 0.5) is 0 Å². The third-order valence-corrected chi connectivity index (χ3v) is 3.95. The molecule has 0 bridgehead atoms. The van der Waals surface area contributed by atoms with Crippen LogP contribution >= 0.6 is 0 Å². The lowest BCUT2D eigenvalue weighted by atomic mass is 10.0. The maximum atomic E-state index is 11.9. The summed E-state index contributed by atoms with van der Waals surface area (Å²) in [7, 11) is 0. The summed E-state index contributed by atoms with van der Waals surface area (Å²) in [6.45, 7) is 3.00. The summed E-state index contributed by atoms with van der Waals surface area (Å²) in [5, 5.41) is 0. The molecule has 0 aliphatic heterocycles. The quantitative estimate of drug-likeness (QED) is 0.930. The van der Waals surface area contributed by atoms with Gasteiger partial charge in [-0.05, 0) is 19.3 Å². The summed E-state index contributed by atoms with van der Waals surface area (Å²) in [5.74, 6) is 1.09. The Bertz CT molecular complexity index is 637. The first kappa shape index (κ1) is 13.1. The lowest BCUT2D eigenvalue weighted by molar-refractivity contribution is 0.673. The van der Waals surface area contributed by atoms with Gasteiger partial charge in [0.1, 0.15) is 5.69 Å². The zero-order valence-electron chi connectivity index (χ0n) is 11.8. The smallest absolute Gasteiger partial charge is 0.251 e. The maximum Gasteiger partial charge on any atom is 0.251 e. The van der Waals surface area contributed by atoms with Crippen molar-refractivity contribution in [2.24, 2.45) is 0 Å². The first-order chi connectivity index (χ1) is 9.78. The second kappa shape index (κ2) is 5.61. The molecule has 20 heavy (non-hydrogen) atoms. The Hall–Kier alpha value is -1.91. The Labute approximate surface area is 118 Å². The van der Waals surface area contributed by atoms with Crippen LogP contribution < -0.4 is 5.56 Å². The number of hydrogen-bond acceptors (Lipinski definition) is 3. The van der Waals surface area contributed by atoms with Crippen LogP contribution in [-0.2, 0) is 6.54 Å². The molecular weight excluding hydrogens is 252 g/mol. The zero-order chi connectivity index (χ0) is 13.9. The average molecular weight is 272 g/mol. The number of aromatic amines is 1. The topological polar surface area (TPSA) is 63.6 Å². The van der Waals surface area contributed by atoms with Gasteiger partial charge in [0, 0.05) is 18.5 Å². The Morgan fingerprint density at radius 2 is 2.20 bits per heavy atom. The van der Waals surface area contributed by atoms with Gasteiger partial charge in [-0.15, -0.1) is 0 Å². The first-order valence-corrected chi connectivity index (χ1v) is 7.39. The van der Waals surface area contributed by atoms with Crippen LogP contribution in [0.2, 0.25) is 0 Å². The van der Waals surface area contributed by atoms with Gasteiger partial charge in [0.15, 0.2) is 5.82 Å². The van der Waals surface area contributed by atoms with Crippen LogP contribution in [0.3, 0.4) is 0 Å². The van der Waals surface area contributed by atoms with E-state index in [4.69, 9.17) is 0 Å². The molecule has 0 radical (unpaired) electrons. The third-order valence-electron chi connectivity index (χ3n) is 3.95. The second-order valence-electron chi connectivity index (χ2n) is 5.47. The van der Waals surface area contributed by atoms with Crippen molar-refractivity contribution in [1.29, 1.82) is 0 Å². The number of aryl methyl sites for hydroxylation is 1. The van der Waals surface area contributed by atoms with E-state index in [2.05, 4.69) is 21.9 Å². The van der Waals surface area contributed by atoms with E-state index in [0.29, 0.717) is 11.7 Å². The van der Waals surface area contributed by atoms with Gasteiger partial charge in [-0.2, -0.15) is 0 Å². The van der Waals surface area contributed by atoms with Crippen LogP contribution in [0, 0.1) is 0 Å². The van der Waals surface area contributed by atoms with Crippen LogP contribution in [0.5, 0.6) is 0 Å². The summed E-state index contributed by atoms with van der Waals surface area (Å²) < 4.78 is 2.04. The Kier molecular flexibility index (Phi) is 3.67. The minimum Gasteiger partial charge on any atom is -0.328 e. The molecule has 5 heteroatoms. The van der Waals surface area contributed by atoms with Crippen LogP contribution in [0.15, 0.2) is 23.4 Å². The average Bonchev–Trinajstić information content (AvgIpc) is 3.09. The molecule has 0 saturated heterocycles. The second-order valence-corrected chi connectivity index (χ2v) is 5.47. The lowest BCUT2D eigenvalue weighted by Gasteiger charge is -2.11. The number of aromatic nitrogens is 4.